The normalized spacial score (nSPS) is 23.0. The quantitative estimate of drug-likeness (QED) is 0.639. The number of rotatable bonds is 4. The van der Waals surface area contributed by atoms with Gasteiger partial charge in [-0.3, -0.25) is 10.1 Å². The largest absolute Gasteiger partial charge is 0.358 e. The summed E-state index contributed by atoms with van der Waals surface area (Å²) < 4.78 is 1.58. The second-order valence-corrected chi connectivity index (χ2v) is 5.73. The highest BCUT2D eigenvalue weighted by atomic mass is 16.6. The molecule has 1 aliphatic heterocycles. The van der Waals surface area contributed by atoms with E-state index >= 15 is 0 Å². The maximum atomic E-state index is 11.3. The first-order valence-corrected chi connectivity index (χ1v) is 6.54. The van der Waals surface area contributed by atoms with E-state index in [1.54, 1.807) is 11.7 Å². The molecule has 1 unspecified atom stereocenters. The SMILES string of the molecule is CC(C)c1nn(C)c(NC2(C)CCNC2)c1[N+](=O)[O-]. The molecule has 2 rings (SSSR count). The summed E-state index contributed by atoms with van der Waals surface area (Å²) in [7, 11) is 1.74. The van der Waals surface area contributed by atoms with Gasteiger partial charge in [0.15, 0.2) is 0 Å². The summed E-state index contributed by atoms with van der Waals surface area (Å²) >= 11 is 0. The van der Waals surface area contributed by atoms with Gasteiger partial charge < -0.3 is 10.6 Å². The van der Waals surface area contributed by atoms with Crippen molar-refractivity contribution < 1.29 is 4.92 Å². The number of aromatic nitrogens is 2. The monoisotopic (exact) mass is 267 g/mol. The molecule has 7 nitrogen and oxygen atoms in total. The molecule has 106 valence electrons. The average Bonchev–Trinajstić information content (AvgIpc) is 2.85. The Morgan fingerprint density at radius 3 is 2.74 bits per heavy atom. The zero-order chi connectivity index (χ0) is 14.2. The first kappa shape index (κ1) is 13.8. The zero-order valence-corrected chi connectivity index (χ0v) is 11.9. The molecule has 1 saturated heterocycles. The van der Waals surface area contributed by atoms with E-state index in [2.05, 4.69) is 22.7 Å². The van der Waals surface area contributed by atoms with Gasteiger partial charge in [-0.15, -0.1) is 0 Å². The molecular formula is C12H21N5O2. The van der Waals surface area contributed by atoms with Gasteiger partial charge in [0.2, 0.25) is 5.82 Å². The molecule has 1 aromatic heterocycles. The summed E-state index contributed by atoms with van der Waals surface area (Å²) in [5.41, 5.74) is 0.475. The molecule has 0 radical (unpaired) electrons. The first-order valence-electron chi connectivity index (χ1n) is 6.54. The van der Waals surface area contributed by atoms with Crippen LogP contribution in [0.4, 0.5) is 11.5 Å². The molecule has 7 heteroatoms. The van der Waals surface area contributed by atoms with Crippen LogP contribution in [0.3, 0.4) is 0 Å². The van der Waals surface area contributed by atoms with Crippen LogP contribution in [0, 0.1) is 10.1 Å². The maximum absolute atomic E-state index is 11.3. The Labute approximate surface area is 112 Å². The van der Waals surface area contributed by atoms with Crippen LogP contribution >= 0.6 is 0 Å². The van der Waals surface area contributed by atoms with Crippen molar-refractivity contribution in [3.8, 4) is 0 Å². The van der Waals surface area contributed by atoms with Crippen molar-refractivity contribution in [1.82, 2.24) is 15.1 Å². The summed E-state index contributed by atoms with van der Waals surface area (Å²) in [6.45, 7) is 7.62. The van der Waals surface area contributed by atoms with Crippen LogP contribution in [0.2, 0.25) is 0 Å². The Morgan fingerprint density at radius 2 is 2.26 bits per heavy atom. The lowest BCUT2D eigenvalue weighted by Gasteiger charge is -2.25. The molecule has 1 fully saturated rings. The number of hydrogen-bond donors (Lipinski definition) is 2. The first-order chi connectivity index (χ1) is 8.84. The van der Waals surface area contributed by atoms with Gasteiger partial charge in [-0.1, -0.05) is 13.8 Å². The van der Waals surface area contributed by atoms with Crippen molar-refractivity contribution in [2.75, 3.05) is 18.4 Å². The fraction of sp³-hybridized carbons (Fsp3) is 0.750. The van der Waals surface area contributed by atoms with Gasteiger partial charge in [0.05, 0.1) is 4.92 Å². The molecule has 1 aliphatic rings. The minimum atomic E-state index is -0.337. The number of aryl methyl sites for hydroxylation is 1. The van der Waals surface area contributed by atoms with Crippen LogP contribution in [0.5, 0.6) is 0 Å². The van der Waals surface area contributed by atoms with E-state index in [1.165, 1.54) is 0 Å². The minimum Gasteiger partial charge on any atom is -0.358 e. The van der Waals surface area contributed by atoms with E-state index in [4.69, 9.17) is 0 Å². The highest BCUT2D eigenvalue weighted by molar-refractivity contribution is 5.61. The fourth-order valence-corrected chi connectivity index (χ4v) is 2.45. The molecule has 0 spiro atoms. The topological polar surface area (TPSA) is 85.0 Å². The molecule has 2 N–H and O–H groups in total. The predicted molar refractivity (Wildman–Crippen MR) is 73.5 cm³/mol. The molecule has 0 saturated carbocycles. The Bertz CT molecular complexity index is 489. The number of nitrogens with zero attached hydrogens (tertiary/aromatic N) is 3. The summed E-state index contributed by atoms with van der Waals surface area (Å²) in [6, 6.07) is 0. The van der Waals surface area contributed by atoms with Crippen LogP contribution in [-0.2, 0) is 7.05 Å². The van der Waals surface area contributed by atoms with E-state index in [-0.39, 0.29) is 22.1 Å². The molecule has 1 aromatic rings. The van der Waals surface area contributed by atoms with Crippen molar-refractivity contribution in [3.05, 3.63) is 15.8 Å². The van der Waals surface area contributed by atoms with Crippen molar-refractivity contribution in [1.29, 1.82) is 0 Å². The summed E-state index contributed by atoms with van der Waals surface area (Å²) in [5.74, 6) is 0.525. The zero-order valence-electron chi connectivity index (χ0n) is 11.9. The molecule has 0 amide bonds. The summed E-state index contributed by atoms with van der Waals surface area (Å²) in [6.07, 6.45) is 0.937. The van der Waals surface area contributed by atoms with Gasteiger partial charge in [-0.2, -0.15) is 5.10 Å². The van der Waals surface area contributed by atoms with Crippen molar-refractivity contribution in [3.63, 3.8) is 0 Å². The van der Waals surface area contributed by atoms with Crippen LogP contribution in [0.1, 0.15) is 38.8 Å². The second-order valence-electron chi connectivity index (χ2n) is 5.73. The highest BCUT2D eigenvalue weighted by Crippen LogP contribution is 2.35. The third kappa shape index (κ3) is 2.56. The Balaban J connectivity index is 2.41. The van der Waals surface area contributed by atoms with Gasteiger partial charge in [0.25, 0.3) is 0 Å². The van der Waals surface area contributed by atoms with E-state index in [0.29, 0.717) is 11.5 Å². The summed E-state index contributed by atoms with van der Waals surface area (Å²) in [4.78, 5) is 11.0. The molecule has 1 atom stereocenters. The smallest absolute Gasteiger partial charge is 0.334 e. The lowest BCUT2D eigenvalue weighted by atomic mass is 10.0. The van der Waals surface area contributed by atoms with E-state index in [9.17, 15) is 10.1 Å². The van der Waals surface area contributed by atoms with Crippen LogP contribution in [0.25, 0.3) is 0 Å². The molecule has 19 heavy (non-hydrogen) atoms. The third-order valence-electron chi connectivity index (χ3n) is 3.57. The Kier molecular flexibility index (Phi) is 3.49. The minimum absolute atomic E-state index is 0.0247. The number of nitro groups is 1. The van der Waals surface area contributed by atoms with Crippen molar-refractivity contribution >= 4 is 11.5 Å². The van der Waals surface area contributed by atoms with Crippen molar-refractivity contribution in [2.45, 2.75) is 38.6 Å². The molecule has 2 heterocycles. The average molecular weight is 267 g/mol. The van der Waals surface area contributed by atoms with Gasteiger partial charge >= 0.3 is 5.69 Å². The standard InChI is InChI=1S/C12H21N5O2/c1-8(2)9-10(17(18)19)11(16(4)15-9)14-12(3)5-6-13-7-12/h8,13-14H,5-7H2,1-4H3. The van der Waals surface area contributed by atoms with Crippen LogP contribution < -0.4 is 10.6 Å². The number of anilines is 1. The molecule has 0 bridgehead atoms. The van der Waals surface area contributed by atoms with Gasteiger partial charge in [0.1, 0.15) is 5.69 Å². The molecule has 0 aliphatic carbocycles. The van der Waals surface area contributed by atoms with Gasteiger partial charge in [-0.25, -0.2) is 4.68 Å². The number of hydrogen-bond acceptors (Lipinski definition) is 5. The third-order valence-corrected chi connectivity index (χ3v) is 3.57. The van der Waals surface area contributed by atoms with Gasteiger partial charge in [0, 0.05) is 25.0 Å². The Morgan fingerprint density at radius 1 is 1.58 bits per heavy atom. The van der Waals surface area contributed by atoms with E-state index in [0.717, 1.165) is 19.5 Å². The van der Waals surface area contributed by atoms with Crippen molar-refractivity contribution in [2.24, 2.45) is 7.05 Å². The van der Waals surface area contributed by atoms with E-state index in [1.807, 2.05) is 13.8 Å². The number of nitrogens with one attached hydrogen (secondary N) is 2. The summed E-state index contributed by atoms with van der Waals surface area (Å²) in [5, 5.41) is 22.2. The Hall–Kier alpha value is -1.63. The lowest BCUT2D eigenvalue weighted by Crippen LogP contribution is -2.37. The lowest BCUT2D eigenvalue weighted by molar-refractivity contribution is -0.384. The predicted octanol–water partition coefficient (Wildman–Crippen LogP) is 1.62. The fourth-order valence-electron chi connectivity index (χ4n) is 2.45. The van der Waals surface area contributed by atoms with E-state index < -0.39 is 0 Å². The second kappa shape index (κ2) is 4.80. The van der Waals surface area contributed by atoms with Crippen LogP contribution in [-0.4, -0.2) is 33.3 Å². The molecule has 0 aromatic carbocycles. The highest BCUT2D eigenvalue weighted by Gasteiger charge is 2.35. The van der Waals surface area contributed by atoms with Gasteiger partial charge in [-0.05, 0) is 19.9 Å². The van der Waals surface area contributed by atoms with Crippen LogP contribution in [0.15, 0.2) is 0 Å². The maximum Gasteiger partial charge on any atom is 0.334 e. The molecular weight excluding hydrogens is 246 g/mol.